The summed E-state index contributed by atoms with van der Waals surface area (Å²) >= 11 is 0. The number of aliphatic hydroxyl groups is 1. The highest BCUT2D eigenvalue weighted by atomic mass is 16.3. The number of fused-ring (bicyclic) bond motifs is 2. The molecule has 16 heavy (non-hydrogen) atoms. The average Bonchev–Trinajstić information content (AvgIpc) is 2.84. The Labute approximate surface area is 98.8 Å². The van der Waals surface area contributed by atoms with E-state index in [0.29, 0.717) is 6.04 Å². The zero-order chi connectivity index (χ0) is 11.2. The van der Waals surface area contributed by atoms with Gasteiger partial charge < -0.3 is 10.4 Å². The summed E-state index contributed by atoms with van der Waals surface area (Å²) in [7, 11) is 0. The van der Waals surface area contributed by atoms with Crippen molar-refractivity contribution >= 4 is 0 Å². The van der Waals surface area contributed by atoms with Crippen LogP contribution in [0.3, 0.4) is 0 Å². The van der Waals surface area contributed by atoms with Gasteiger partial charge in [0.15, 0.2) is 0 Å². The van der Waals surface area contributed by atoms with E-state index in [1.165, 1.54) is 38.5 Å². The summed E-state index contributed by atoms with van der Waals surface area (Å²) in [6.45, 7) is 2.82. The molecule has 2 N–H and O–H groups in total. The van der Waals surface area contributed by atoms with Crippen LogP contribution in [0.2, 0.25) is 0 Å². The molecule has 2 nitrogen and oxygen atoms in total. The molecule has 2 bridgehead atoms. The molecule has 0 spiro atoms. The van der Waals surface area contributed by atoms with Crippen LogP contribution in [0, 0.1) is 17.8 Å². The van der Waals surface area contributed by atoms with Crippen molar-refractivity contribution in [3.8, 4) is 0 Å². The minimum atomic E-state index is -0.474. The highest BCUT2D eigenvalue weighted by Crippen LogP contribution is 2.50. The molecule has 0 aromatic heterocycles. The third-order valence-electron chi connectivity index (χ3n) is 4.94. The number of nitrogens with one attached hydrogen (secondary N) is 1. The van der Waals surface area contributed by atoms with Crippen LogP contribution < -0.4 is 5.32 Å². The Kier molecular flexibility index (Phi) is 2.75. The first-order valence-corrected chi connectivity index (χ1v) is 7.08. The van der Waals surface area contributed by atoms with Gasteiger partial charge in [0, 0.05) is 12.6 Å². The van der Waals surface area contributed by atoms with Gasteiger partial charge in [-0.25, -0.2) is 0 Å². The summed E-state index contributed by atoms with van der Waals surface area (Å²) in [4.78, 5) is 0. The highest BCUT2D eigenvalue weighted by Gasteiger charge is 2.42. The molecule has 4 unspecified atom stereocenters. The van der Waals surface area contributed by atoms with Gasteiger partial charge in [0.1, 0.15) is 0 Å². The minimum Gasteiger partial charge on any atom is -0.389 e. The first-order chi connectivity index (χ1) is 7.62. The second kappa shape index (κ2) is 3.99. The standard InChI is InChI=1S/C14H25NO/c1-14(16,9-15-13-4-5-13)8-12-7-10-2-3-11(12)6-10/h10-13,15-16H,2-9H2,1H3. The maximum atomic E-state index is 10.4. The molecular formula is C14H25NO. The molecule has 92 valence electrons. The molecule has 3 fully saturated rings. The fraction of sp³-hybridized carbons (Fsp3) is 1.00. The van der Waals surface area contributed by atoms with E-state index in [4.69, 9.17) is 0 Å². The van der Waals surface area contributed by atoms with Gasteiger partial charge in [-0.2, -0.15) is 0 Å². The molecule has 0 heterocycles. The van der Waals surface area contributed by atoms with Crippen LogP contribution in [0.15, 0.2) is 0 Å². The van der Waals surface area contributed by atoms with E-state index >= 15 is 0 Å². The SMILES string of the molecule is CC(O)(CNC1CC1)CC1CC2CCC1C2. The van der Waals surface area contributed by atoms with Crippen molar-refractivity contribution in [2.45, 2.75) is 63.5 Å². The van der Waals surface area contributed by atoms with Crippen LogP contribution >= 0.6 is 0 Å². The molecule has 3 aliphatic rings. The zero-order valence-corrected chi connectivity index (χ0v) is 10.4. The third kappa shape index (κ3) is 2.43. The lowest BCUT2D eigenvalue weighted by Crippen LogP contribution is -2.41. The fourth-order valence-corrected chi connectivity index (χ4v) is 3.92. The van der Waals surface area contributed by atoms with Gasteiger partial charge in [-0.15, -0.1) is 0 Å². The molecular weight excluding hydrogens is 198 g/mol. The van der Waals surface area contributed by atoms with Crippen molar-refractivity contribution in [3.63, 3.8) is 0 Å². The largest absolute Gasteiger partial charge is 0.389 e. The van der Waals surface area contributed by atoms with Crippen LogP contribution in [0.1, 0.15) is 51.9 Å². The average molecular weight is 223 g/mol. The van der Waals surface area contributed by atoms with E-state index in [-0.39, 0.29) is 0 Å². The lowest BCUT2D eigenvalue weighted by Gasteiger charge is -2.31. The molecule has 2 heteroatoms. The van der Waals surface area contributed by atoms with Crippen molar-refractivity contribution in [2.24, 2.45) is 17.8 Å². The van der Waals surface area contributed by atoms with Crippen LogP contribution in [0.4, 0.5) is 0 Å². The van der Waals surface area contributed by atoms with Gasteiger partial charge in [-0.05, 0) is 63.2 Å². The van der Waals surface area contributed by atoms with Gasteiger partial charge >= 0.3 is 0 Å². The van der Waals surface area contributed by atoms with Crippen molar-refractivity contribution in [2.75, 3.05) is 6.54 Å². The van der Waals surface area contributed by atoms with Gasteiger partial charge in [0.2, 0.25) is 0 Å². The van der Waals surface area contributed by atoms with Crippen molar-refractivity contribution in [1.29, 1.82) is 0 Å². The molecule has 0 aliphatic heterocycles. The number of hydrogen-bond acceptors (Lipinski definition) is 2. The maximum absolute atomic E-state index is 10.4. The van der Waals surface area contributed by atoms with Gasteiger partial charge in [0.05, 0.1) is 5.60 Å². The quantitative estimate of drug-likeness (QED) is 0.749. The highest BCUT2D eigenvalue weighted by molar-refractivity contribution is 4.94. The van der Waals surface area contributed by atoms with Gasteiger partial charge in [0.25, 0.3) is 0 Å². The number of hydrogen-bond donors (Lipinski definition) is 2. The Morgan fingerprint density at radius 1 is 1.19 bits per heavy atom. The summed E-state index contributed by atoms with van der Waals surface area (Å²) < 4.78 is 0. The summed E-state index contributed by atoms with van der Waals surface area (Å²) in [5, 5.41) is 13.9. The molecule has 3 aliphatic carbocycles. The smallest absolute Gasteiger partial charge is 0.0746 e. The predicted molar refractivity (Wildman–Crippen MR) is 65.2 cm³/mol. The van der Waals surface area contributed by atoms with Crippen LogP contribution in [0.5, 0.6) is 0 Å². The van der Waals surface area contributed by atoms with Crippen LogP contribution in [-0.2, 0) is 0 Å². The lowest BCUT2D eigenvalue weighted by molar-refractivity contribution is 0.0244. The Bertz CT molecular complexity index is 259. The molecule has 3 rings (SSSR count). The van der Waals surface area contributed by atoms with E-state index in [9.17, 15) is 5.11 Å². The second-order valence-corrected chi connectivity index (χ2v) is 6.79. The number of rotatable bonds is 5. The first kappa shape index (κ1) is 11.0. The second-order valence-electron chi connectivity index (χ2n) is 6.79. The Balaban J connectivity index is 1.48. The van der Waals surface area contributed by atoms with Crippen LogP contribution in [0.25, 0.3) is 0 Å². The van der Waals surface area contributed by atoms with Crippen molar-refractivity contribution in [1.82, 2.24) is 5.32 Å². The Morgan fingerprint density at radius 2 is 2.00 bits per heavy atom. The fourth-order valence-electron chi connectivity index (χ4n) is 3.92. The first-order valence-electron chi connectivity index (χ1n) is 7.08. The zero-order valence-electron chi connectivity index (χ0n) is 10.4. The molecule has 0 amide bonds. The minimum absolute atomic E-state index is 0.474. The Hall–Kier alpha value is -0.0800. The lowest BCUT2D eigenvalue weighted by atomic mass is 9.81. The van der Waals surface area contributed by atoms with E-state index in [1.54, 1.807) is 0 Å². The molecule has 4 atom stereocenters. The monoisotopic (exact) mass is 223 g/mol. The Morgan fingerprint density at radius 3 is 2.56 bits per heavy atom. The van der Waals surface area contributed by atoms with Crippen molar-refractivity contribution < 1.29 is 5.11 Å². The molecule has 0 radical (unpaired) electrons. The molecule has 0 saturated heterocycles. The van der Waals surface area contributed by atoms with Gasteiger partial charge in [-0.3, -0.25) is 0 Å². The van der Waals surface area contributed by atoms with E-state index in [0.717, 1.165) is 30.7 Å². The van der Waals surface area contributed by atoms with Gasteiger partial charge in [-0.1, -0.05) is 6.42 Å². The molecule has 0 aromatic carbocycles. The maximum Gasteiger partial charge on any atom is 0.0746 e. The third-order valence-corrected chi connectivity index (χ3v) is 4.94. The van der Waals surface area contributed by atoms with E-state index in [2.05, 4.69) is 5.32 Å². The summed E-state index contributed by atoms with van der Waals surface area (Å²) in [6, 6.07) is 0.714. The van der Waals surface area contributed by atoms with E-state index < -0.39 is 5.60 Å². The summed E-state index contributed by atoms with van der Waals surface area (Å²) in [5.74, 6) is 2.76. The molecule has 0 aromatic rings. The van der Waals surface area contributed by atoms with E-state index in [1.807, 2.05) is 6.92 Å². The van der Waals surface area contributed by atoms with Crippen molar-refractivity contribution in [3.05, 3.63) is 0 Å². The normalized spacial score (nSPS) is 41.2. The summed E-state index contributed by atoms with van der Waals surface area (Å²) in [5.41, 5.74) is -0.474. The van der Waals surface area contributed by atoms with Crippen LogP contribution in [-0.4, -0.2) is 23.3 Å². The summed E-state index contributed by atoms with van der Waals surface area (Å²) in [6.07, 6.45) is 9.38. The topological polar surface area (TPSA) is 32.3 Å². The predicted octanol–water partition coefficient (Wildman–Crippen LogP) is 2.32. The molecule has 3 saturated carbocycles.